The number of hydrazine groups is 1. The quantitative estimate of drug-likeness (QED) is 0.478. The topological polar surface area (TPSA) is 50.9 Å². The van der Waals surface area contributed by atoms with Gasteiger partial charge in [0.2, 0.25) is 0 Å². The first-order chi connectivity index (χ1) is 8.31. The predicted molar refractivity (Wildman–Crippen MR) is 70.2 cm³/mol. The fourth-order valence-electron chi connectivity index (χ4n) is 2.40. The molecule has 0 aromatic carbocycles. The van der Waals surface area contributed by atoms with Crippen LogP contribution in [0, 0.1) is 6.92 Å². The monoisotopic (exact) mass is 231 g/mol. The minimum atomic E-state index is 0.0769. The molecule has 1 aliphatic carbocycles. The van der Waals surface area contributed by atoms with E-state index in [4.69, 9.17) is 5.84 Å². The predicted octanol–water partition coefficient (Wildman–Crippen LogP) is 2.78. The van der Waals surface area contributed by atoms with Gasteiger partial charge in [0.1, 0.15) is 0 Å². The summed E-state index contributed by atoms with van der Waals surface area (Å²) in [5, 5.41) is 0. The number of rotatable bonds is 3. The fourth-order valence-corrected chi connectivity index (χ4v) is 2.40. The van der Waals surface area contributed by atoms with Crippen LogP contribution in [0.15, 0.2) is 30.0 Å². The van der Waals surface area contributed by atoms with E-state index in [1.165, 1.54) is 36.8 Å². The Morgan fingerprint density at radius 3 is 3.00 bits per heavy atom. The molecule has 0 bridgehead atoms. The van der Waals surface area contributed by atoms with Crippen molar-refractivity contribution in [1.29, 1.82) is 0 Å². The van der Waals surface area contributed by atoms with Gasteiger partial charge in [0, 0.05) is 6.20 Å². The van der Waals surface area contributed by atoms with E-state index < -0.39 is 0 Å². The van der Waals surface area contributed by atoms with E-state index in [1.807, 2.05) is 12.3 Å². The van der Waals surface area contributed by atoms with Crippen molar-refractivity contribution in [2.24, 2.45) is 5.84 Å². The molecular formula is C14H21N3. The van der Waals surface area contributed by atoms with Crippen LogP contribution in [-0.2, 0) is 0 Å². The SMILES string of the molecule is Cc1ccnc(C(NN)C2=CCCCCC2)c1. The molecular weight excluding hydrogens is 210 g/mol. The summed E-state index contributed by atoms with van der Waals surface area (Å²) in [7, 11) is 0. The molecule has 0 radical (unpaired) electrons. The van der Waals surface area contributed by atoms with E-state index in [-0.39, 0.29) is 6.04 Å². The van der Waals surface area contributed by atoms with Gasteiger partial charge in [-0.15, -0.1) is 0 Å². The Labute approximate surface area is 103 Å². The summed E-state index contributed by atoms with van der Waals surface area (Å²) in [6.07, 6.45) is 10.4. The molecule has 0 saturated carbocycles. The van der Waals surface area contributed by atoms with Crippen molar-refractivity contribution in [3.8, 4) is 0 Å². The molecule has 0 saturated heterocycles. The van der Waals surface area contributed by atoms with Gasteiger partial charge in [-0.1, -0.05) is 18.1 Å². The molecule has 0 spiro atoms. The zero-order valence-corrected chi connectivity index (χ0v) is 10.4. The lowest BCUT2D eigenvalue weighted by molar-refractivity contribution is 0.580. The highest BCUT2D eigenvalue weighted by Crippen LogP contribution is 2.27. The molecule has 3 nitrogen and oxygen atoms in total. The number of nitrogens with two attached hydrogens (primary N) is 1. The average molecular weight is 231 g/mol. The molecule has 1 aliphatic rings. The summed E-state index contributed by atoms with van der Waals surface area (Å²) >= 11 is 0. The molecule has 1 unspecified atom stereocenters. The Hall–Kier alpha value is -1.19. The summed E-state index contributed by atoms with van der Waals surface area (Å²) in [6, 6.07) is 4.20. The van der Waals surface area contributed by atoms with Crippen molar-refractivity contribution in [3.63, 3.8) is 0 Å². The van der Waals surface area contributed by atoms with Crippen LogP contribution in [0.25, 0.3) is 0 Å². The third kappa shape index (κ3) is 3.14. The first kappa shape index (κ1) is 12.3. The van der Waals surface area contributed by atoms with E-state index in [0.717, 1.165) is 12.1 Å². The first-order valence-electron chi connectivity index (χ1n) is 6.39. The van der Waals surface area contributed by atoms with Crippen molar-refractivity contribution < 1.29 is 0 Å². The van der Waals surface area contributed by atoms with Crippen molar-refractivity contribution in [3.05, 3.63) is 41.2 Å². The van der Waals surface area contributed by atoms with Crippen LogP contribution in [-0.4, -0.2) is 4.98 Å². The zero-order chi connectivity index (χ0) is 12.1. The largest absolute Gasteiger partial charge is 0.271 e. The molecule has 92 valence electrons. The zero-order valence-electron chi connectivity index (χ0n) is 10.4. The molecule has 2 rings (SSSR count). The van der Waals surface area contributed by atoms with E-state index in [1.54, 1.807) is 0 Å². The van der Waals surface area contributed by atoms with Gasteiger partial charge in [-0.2, -0.15) is 0 Å². The molecule has 0 fully saturated rings. The summed E-state index contributed by atoms with van der Waals surface area (Å²) in [4.78, 5) is 4.43. The van der Waals surface area contributed by atoms with Gasteiger partial charge >= 0.3 is 0 Å². The second-order valence-electron chi connectivity index (χ2n) is 4.74. The number of aryl methyl sites for hydroxylation is 1. The van der Waals surface area contributed by atoms with Crippen molar-refractivity contribution in [2.45, 2.75) is 45.1 Å². The third-order valence-electron chi connectivity index (χ3n) is 3.35. The lowest BCUT2D eigenvalue weighted by Gasteiger charge is -2.19. The van der Waals surface area contributed by atoms with E-state index in [2.05, 4.69) is 29.5 Å². The van der Waals surface area contributed by atoms with Gasteiger partial charge in [0.05, 0.1) is 11.7 Å². The van der Waals surface area contributed by atoms with Gasteiger partial charge < -0.3 is 0 Å². The molecule has 1 atom stereocenters. The van der Waals surface area contributed by atoms with E-state index >= 15 is 0 Å². The van der Waals surface area contributed by atoms with Gasteiger partial charge in [0.15, 0.2) is 0 Å². The van der Waals surface area contributed by atoms with Crippen LogP contribution in [0.4, 0.5) is 0 Å². The maximum atomic E-state index is 5.71. The number of nitrogens with zero attached hydrogens (tertiary/aromatic N) is 1. The smallest absolute Gasteiger partial charge is 0.0841 e. The van der Waals surface area contributed by atoms with Crippen LogP contribution in [0.1, 0.15) is 49.4 Å². The molecule has 0 amide bonds. The molecule has 1 aromatic heterocycles. The molecule has 1 aromatic rings. The van der Waals surface area contributed by atoms with Crippen molar-refractivity contribution in [1.82, 2.24) is 10.4 Å². The number of hydrogen-bond acceptors (Lipinski definition) is 3. The highest BCUT2D eigenvalue weighted by Gasteiger charge is 2.17. The lowest BCUT2D eigenvalue weighted by atomic mass is 9.98. The fraction of sp³-hybridized carbons (Fsp3) is 0.500. The Morgan fingerprint density at radius 2 is 2.24 bits per heavy atom. The van der Waals surface area contributed by atoms with Crippen LogP contribution >= 0.6 is 0 Å². The van der Waals surface area contributed by atoms with E-state index in [0.29, 0.717) is 0 Å². The van der Waals surface area contributed by atoms with Crippen LogP contribution < -0.4 is 11.3 Å². The molecule has 0 aliphatic heterocycles. The highest BCUT2D eigenvalue weighted by atomic mass is 15.2. The Balaban J connectivity index is 2.23. The molecule has 1 heterocycles. The second kappa shape index (κ2) is 5.94. The normalized spacial score (nSPS) is 18.4. The van der Waals surface area contributed by atoms with Crippen LogP contribution in [0.5, 0.6) is 0 Å². The minimum absolute atomic E-state index is 0.0769. The number of allylic oxidation sites excluding steroid dienone is 1. The lowest BCUT2D eigenvalue weighted by Crippen LogP contribution is -2.30. The van der Waals surface area contributed by atoms with Crippen molar-refractivity contribution >= 4 is 0 Å². The summed E-state index contributed by atoms with van der Waals surface area (Å²) < 4.78 is 0. The maximum Gasteiger partial charge on any atom is 0.0841 e. The molecule has 3 N–H and O–H groups in total. The summed E-state index contributed by atoms with van der Waals surface area (Å²) in [5.41, 5.74) is 6.56. The average Bonchev–Trinajstić information content (AvgIpc) is 2.59. The van der Waals surface area contributed by atoms with Gasteiger partial charge in [-0.05, 0) is 50.3 Å². The Kier molecular flexibility index (Phi) is 4.29. The second-order valence-corrected chi connectivity index (χ2v) is 4.74. The number of pyridine rings is 1. The molecule has 3 heteroatoms. The number of nitrogens with one attached hydrogen (secondary N) is 1. The Morgan fingerprint density at radius 1 is 1.35 bits per heavy atom. The Bertz CT molecular complexity index is 398. The van der Waals surface area contributed by atoms with Crippen LogP contribution in [0.3, 0.4) is 0 Å². The van der Waals surface area contributed by atoms with Gasteiger partial charge in [0.25, 0.3) is 0 Å². The van der Waals surface area contributed by atoms with E-state index in [9.17, 15) is 0 Å². The third-order valence-corrected chi connectivity index (χ3v) is 3.35. The van der Waals surface area contributed by atoms with Gasteiger partial charge in [-0.3, -0.25) is 10.8 Å². The highest BCUT2D eigenvalue weighted by molar-refractivity contribution is 5.25. The summed E-state index contributed by atoms with van der Waals surface area (Å²) in [5.74, 6) is 5.71. The number of aromatic nitrogens is 1. The van der Waals surface area contributed by atoms with Crippen molar-refractivity contribution in [2.75, 3.05) is 0 Å². The van der Waals surface area contributed by atoms with Gasteiger partial charge in [-0.25, -0.2) is 5.43 Å². The minimum Gasteiger partial charge on any atom is -0.271 e. The summed E-state index contributed by atoms with van der Waals surface area (Å²) in [6.45, 7) is 2.08. The number of hydrogen-bond donors (Lipinski definition) is 2. The maximum absolute atomic E-state index is 5.71. The van der Waals surface area contributed by atoms with Crippen LogP contribution in [0.2, 0.25) is 0 Å². The standard InChI is InChI=1S/C14H21N3/c1-11-8-9-16-13(10-11)14(17-15)12-6-4-2-3-5-7-12/h6,8-10,14,17H,2-5,7,15H2,1H3. The first-order valence-corrected chi connectivity index (χ1v) is 6.39. The molecule has 17 heavy (non-hydrogen) atoms.